The van der Waals surface area contributed by atoms with Crippen molar-refractivity contribution in [3.8, 4) is 11.5 Å². The van der Waals surface area contributed by atoms with E-state index in [1.54, 1.807) is 23.9 Å². The van der Waals surface area contributed by atoms with Gasteiger partial charge in [-0.05, 0) is 55.0 Å². The van der Waals surface area contributed by atoms with E-state index in [9.17, 15) is 5.11 Å². The highest BCUT2D eigenvalue weighted by Crippen LogP contribution is 2.26. The molecule has 0 aromatic heterocycles. The van der Waals surface area contributed by atoms with E-state index in [2.05, 4.69) is 47.0 Å². The van der Waals surface area contributed by atoms with Crippen LogP contribution in [0.5, 0.6) is 11.5 Å². The number of ether oxygens (including phenoxy) is 1. The van der Waals surface area contributed by atoms with Crippen molar-refractivity contribution >= 4 is 17.7 Å². The molecule has 0 saturated heterocycles. The van der Waals surface area contributed by atoms with Gasteiger partial charge in [0.15, 0.2) is 17.5 Å². The fourth-order valence-electron chi connectivity index (χ4n) is 2.52. The lowest BCUT2D eigenvalue weighted by Gasteiger charge is -2.14. The van der Waals surface area contributed by atoms with E-state index < -0.39 is 0 Å². The second-order valence-electron chi connectivity index (χ2n) is 5.87. The van der Waals surface area contributed by atoms with Gasteiger partial charge in [-0.15, -0.1) is 11.8 Å². The number of phenols is 1. The summed E-state index contributed by atoms with van der Waals surface area (Å²) in [6.45, 7) is 6.09. The number of aliphatic imine (C=N–C) groups is 1. The largest absolute Gasteiger partial charge is 0.504 e. The van der Waals surface area contributed by atoms with Crippen LogP contribution in [-0.2, 0) is 13.1 Å². The molecule has 0 fully saturated rings. The molecule has 26 heavy (non-hydrogen) atoms. The first-order chi connectivity index (χ1) is 12.6. The second-order valence-corrected chi connectivity index (χ2v) is 6.72. The van der Waals surface area contributed by atoms with Crippen molar-refractivity contribution in [2.75, 3.05) is 19.9 Å². The summed E-state index contributed by atoms with van der Waals surface area (Å²) < 4.78 is 5.07. The van der Waals surface area contributed by atoms with Gasteiger partial charge in [-0.1, -0.05) is 18.2 Å². The Kier molecular flexibility index (Phi) is 7.66. The number of methoxy groups -OCH3 is 1. The number of nitrogens with one attached hydrogen (secondary N) is 2. The summed E-state index contributed by atoms with van der Waals surface area (Å²) in [6, 6.07) is 11.8. The number of rotatable bonds is 7. The van der Waals surface area contributed by atoms with E-state index in [0.29, 0.717) is 18.8 Å². The highest BCUT2D eigenvalue weighted by Gasteiger charge is 2.05. The van der Waals surface area contributed by atoms with Crippen molar-refractivity contribution in [3.63, 3.8) is 0 Å². The molecular weight excluding hydrogens is 346 g/mol. The SMILES string of the molecule is CCNC(=NCc1ccc(OC)c(O)c1)NCc1ccc(C)cc1SC. The van der Waals surface area contributed by atoms with Gasteiger partial charge in [-0.3, -0.25) is 0 Å². The van der Waals surface area contributed by atoms with Crippen LogP contribution >= 0.6 is 11.8 Å². The van der Waals surface area contributed by atoms with Gasteiger partial charge in [-0.2, -0.15) is 0 Å². The molecule has 2 aromatic carbocycles. The molecule has 0 unspecified atom stereocenters. The van der Waals surface area contributed by atoms with Crippen molar-refractivity contribution in [3.05, 3.63) is 53.1 Å². The van der Waals surface area contributed by atoms with Crippen LogP contribution in [-0.4, -0.2) is 31.0 Å². The van der Waals surface area contributed by atoms with Crippen molar-refractivity contribution < 1.29 is 9.84 Å². The van der Waals surface area contributed by atoms with Crippen LogP contribution < -0.4 is 15.4 Å². The zero-order valence-corrected chi connectivity index (χ0v) is 16.6. The van der Waals surface area contributed by atoms with Crippen molar-refractivity contribution in [2.24, 2.45) is 4.99 Å². The summed E-state index contributed by atoms with van der Waals surface area (Å²) in [5.74, 6) is 1.34. The Morgan fingerprint density at radius 1 is 1.19 bits per heavy atom. The number of benzene rings is 2. The summed E-state index contributed by atoms with van der Waals surface area (Å²) in [4.78, 5) is 5.88. The fraction of sp³-hybridized carbons (Fsp3) is 0.350. The number of aryl methyl sites for hydroxylation is 1. The molecule has 2 aromatic rings. The molecule has 0 bridgehead atoms. The predicted molar refractivity (Wildman–Crippen MR) is 109 cm³/mol. The Morgan fingerprint density at radius 2 is 2.00 bits per heavy atom. The number of guanidine groups is 1. The highest BCUT2D eigenvalue weighted by atomic mass is 32.2. The number of aromatic hydroxyl groups is 1. The molecule has 0 amide bonds. The van der Waals surface area contributed by atoms with Gasteiger partial charge >= 0.3 is 0 Å². The molecule has 5 nitrogen and oxygen atoms in total. The van der Waals surface area contributed by atoms with Gasteiger partial charge in [0.25, 0.3) is 0 Å². The topological polar surface area (TPSA) is 65.9 Å². The Balaban J connectivity index is 2.06. The van der Waals surface area contributed by atoms with Gasteiger partial charge in [0.2, 0.25) is 0 Å². The van der Waals surface area contributed by atoms with Gasteiger partial charge in [-0.25, -0.2) is 4.99 Å². The fourth-order valence-corrected chi connectivity index (χ4v) is 3.23. The number of phenolic OH excluding ortho intramolecular Hbond substituents is 1. The highest BCUT2D eigenvalue weighted by molar-refractivity contribution is 7.98. The molecular formula is C20H27N3O2S. The third-order valence-corrected chi connectivity index (χ3v) is 4.72. The minimum Gasteiger partial charge on any atom is -0.504 e. The minimum absolute atomic E-state index is 0.127. The van der Waals surface area contributed by atoms with Crippen molar-refractivity contribution in [1.82, 2.24) is 10.6 Å². The first kappa shape index (κ1) is 20.0. The van der Waals surface area contributed by atoms with E-state index in [1.807, 2.05) is 13.0 Å². The number of hydrogen-bond acceptors (Lipinski definition) is 4. The molecule has 0 aliphatic heterocycles. The third kappa shape index (κ3) is 5.59. The molecule has 0 spiro atoms. The Bertz CT molecular complexity index is 763. The van der Waals surface area contributed by atoms with Gasteiger partial charge in [0.1, 0.15) is 0 Å². The predicted octanol–water partition coefficient (Wildman–Crippen LogP) is 3.69. The van der Waals surface area contributed by atoms with E-state index in [-0.39, 0.29) is 5.75 Å². The molecule has 0 saturated carbocycles. The Labute approximate surface area is 159 Å². The lowest BCUT2D eigenvalue weighted by atomic mass is 10.1. The van der Waals surface area contributed by atoms with Crippen LogP contribution in [0.3, 0.4) is 0 Å². The maximum atomic E-state index is 9.89. The molecule has 140 valence electrons. The zero-order chi connectivity index (χ0) is 18.9. The van der Waals surface area contributed by atoms with Crippen LogP contribution in [0.2, 0.25) is 0 Å². The summed E-state index contributed by atoms with van der Waals surface area (Å²) in [6.07, 6.45) is 2.09. The van der Waals surface area contributed by atoms with Crippen LogP contribution in [0.1, 0.15) is 23.6 Å². The van der Waals surface area contributed by atoms with E-state index >= 15 is 0 Å². The normalized spacial score (nSPS) is 11.3. The molecule has 3 N–H and O–H groups in total. The minimum atomic E-state index is 0.127. The van der Waals surface area contributed by atoms with E-state index in [1.165, 1.54) is 23.1 Å². The summed E-state index contributed by atoms with van der Waals surface area (Å²) >= 11 is 1.75. The molecule has 0 radical (unpaired) electrons. The summed E-state index contributed by atoms with van der Waals surface area (Å²) in [5.41, 5.74) is 3.43. The van der Waals surface area contributed by atoms with E-state index in [0.717, 1.165) is 18.1 Å². The third-order valence-electron chi connectivity index (χ3n) is 3.90. The maximum absolute atomic E-state index is 9.89. The molecule has 6 heteroatoms. The Hall–Kier alpha value is -2.34. The molecule has 0 aliphatic carbocycles. The first-order valence-electron chi connectivity index (χ1n) is 8.59. The zero-order valence-electron chi connectivity index (χ0n) is 15.8. The molecule has 0 aliphatic rings. The average Bonchev–Trinajstić information content (AvgIpc) is 2.64. The molecule has 2 rings (SSSR count). The van der Waals surface area contributed by atoms with Crippen molar-refractivity contribution in [1.29, 1.82) is 0 Å². The monoisotopic (exact) mass is 373 g/mol. The van der Waals surface area contributed by atoms with Crippen LogP contribution in [0.15, 0.2) is 46.3 Å². The van der Waals surface area contributed by atoms with Crippen LogP contribution in [0.25, 0.3) is 0 Å². The summed E-state index contributed by atoms with van der Waals surface area (Å²) in [7, 11) is 1.54. The molecule has 0 atom stereocenters. The number of thioether (sulfide) groups is 1. The van der Waals surface area contributed by atoms with Gasteiger partial charge in [0.05, 0.1) is 13.7 Å². The van der Waals surface area contributed by atoms with Gasteiger partial charge in [0, 0.05) is 18.0 Å². The van der Waals surface area contributed by atoms with Crippen molar-refractivity contribution in [2.45, 2.75) is 31.8 Å². The average molecular weight is 374 g/mol. The lowest BCUT2D eigenvalue weighted by molar-refractivity contribution is 0.373. The van der Waals surface area contributed by atoms with Gasteiger partial charge < -0.3 is 20.5 Å². The molecule has 0 heterocycles. The standard InChI is InChI=1S/C20H27N3O2S/c1-5-21-20(22-12-15-7-9-18(25-3)17(24)11-15)23-13-16-8-6-14(2)10-19(16)26-4/h6-11,24H,5,12-13H2,1-4H3,(H2,21,22,23). The Morgan fingerprint density at radius 3 is 2.65 bits per heavy atom. The maximum Gasteiger partial charge on any atom is 0.191 e. The number of hydrogen-bond donors (Lipinski definition) is 3. The first-order valence-corrected chi connectivity index (χ1v) is 9.81. The summed E-state index contributed by atoms with van der Waals surface area (Å²) in [5, 5.41) is 16.5. The lowest BCUT2D eigenvalue weighted by Crippen LogP contribution is -2.36. The van der Waals surface area contributed by atoms with Crippen LogP contribution in [0, 0.1) is 6.92 Å². The quantitative estimate of drug-likeness (QED) is 0.392. The smallest absolute Gasteiger partial charge is 0.191 e. The van der Waals surface area contributed by atoms with Crippen LogP contribution in [0.4, 0.5) is 0 Å². The van der Waals surface area contributed by atoms with E-state index in [4.69, 9.17) is 4.74 Å². The second kappa shape index (κ2) is 9.97. The number of nitrogens with zero attached hydrogens (tertiary/aromatic N) is 1.